The second kappa shape index (κ2) is 5.82. The predicted octanol–water partition coefficient (Wildman–Crippen LogP) is 2.79. The van der Waals surface area contributed by atoms with E-state index >= 15 is 0 Å². The topological polar surface area (TPSA) is 62.2 Å². The molecular weight excluding hydrogens is 264 g/mol. The third-order valence-electron chi connectivity index (χ3n) is 2.76. The number of hydrogen-bond acceptors (Lipinski definition) is 3. The quantitative estimate of drug-likeness (QED) is 0.906. The molecule has 2 N–H and O–H groups in total. The zero-order chi connectivity index (χ0) is 13.8. The maximum absolute atomic E-state index is 12.2. The van der Waals surface area contributed by atoms with E-state index in [1.807, 2.05) is 6.92 Å². The smallest absolute Gasteiger partial charge is 0.255 e. The highest BCUT2D eigenvalue weighted by Gasteiger charge is 2.11. The van der Waals surface area contributed by atoms with E-state index in [1.165, 1.54) is 6.20 Å². The van der Waals surface area contributed by atoms with Crippen molar-refractivity contribution in [1.82, 2.24) is 4.98 Å². The van der Waals surface area contributed by atoms with Gasteiger partial charge in [-0.1, -0.05) is 11.6 Å². The van der Waals surface area contributed by atoms with Gasteiger partial charge in [0, 0.05) is 22.3 Å². The van der Waals surface area contributed by atoms with Gasteiger partial charge < -0.3 is 10.4 Å². The van der Waals surface area contributed by atoms with Gasteiger partial charge in [-0.2, -0.15) is 0 Å². The van der Waals surface area contributed by atoms with E-state index in [0.29, 0.717) is 21.8 Å². The van der Waals surface area contributed by atoms with Crippen molar-refractivity contribution < 1.29 is 9.90 Å². The molecule has 0 saturated heterocycles. The Morgan fingerprint density at radius 2 is 2.21 bits per heavy atom. The first-order valence-corrected chi connectivity index (χ1v) is 6.11. The SMILES string of the molecule is Cc1cc(Cl)ccc1C(=O)Nc1cnccc1CO. The molecule has 0 radical (unpaired) electrons. The number of pyridine rings is 1. The number of aliphatic hydroxyl groups excluding tert-OH is 1. The Balaban J connectivity index is 2.26. The van der Waals surface area contributed by atoms with Gasteiger partial charge in [0.1, 0.15) is 0 Å². The standard InChI is InChI=1S/C14H13ClN2O2/c1-9-6-11(15)2-3-12(9)14(19)17-13-7-16-5-4-10(13)8-18/h2-7,18H,8H2,1H3,(H,17,19). The van der Waals surface area contributed by atoms with Gasteiger partial charge in [-0.3, -0.25) is 9.78 Å². The number of nitrogens with zero attached hydrogens (tertiary/aromatic N) is 1. The minimum atomic E-state index is -0.253. The Bertz CT molecular complexity index is 614. The van der Waals surface area contributed by atoms with Crippen LogP contribution in [0.15, 0.2) is 36.7 Å². The molecule has 2 aromatic rings. The van der Waals surface area contributed by atoms with Gasteiger partial charge in [0.05, 0.1) is 18.5 Å². The van der Waals surface area contributed by atoms with Crippen LogP contribution in [0.2, 0.25) is 5.02 Å². The first kappa shape index (κ1) is 13.5. The normalized spacial score (nSPS) is 10.3. The Labute approximate surface area is 116 Å². The van der Waals surface area contributed by atoms with Crippen LogP contribution in [0, 0.1) is 6.92 Å². The molecule has 2 rings (SSSR count). The Hall–Kier alpha value is -1.91. The van der Waals surface area contributed by atoms with E-state index < -0.39 is 0 Å². The third kappa shape index (κ3) is 3.10. The van der Waals surface area contributed by atoms with Crippen LogP contribution in [0.5, 0.6) is 0 Å². The van der Waals surface area contributed by atoms with Crippen LogP contribution >= 0.6 is 11.6 Å². The Morgan fingerprint density at radius 3 is 2.89 bits per heavy atom. The molecule has 4 nitrogen and oxygen atoms in total. The van der Waals surface area contributed by atoms with Crippen molar-refractivity contribution in [3.63, 3.8) is 0 Å². The molecule has 0 saturated carbocycles. The average Bonchev–Trinajstić information content (AvgIpc) is 2.39. The largest absolute Gasteiger partial charge is 0.392 e. The summed E-state index contributed by atoms with van der Waals surface area (Å²) in [5, 5.41) is 12.5. The molecular formula is C14H13ClN2O2. The first-order chi connectivity index (χ1) is 9.11. The fraction of sp³-hybridized carbons (Fsp3) is 0.143. The third-order valence-corrected chi connectivity index (χ3v) is 3.00. The molecule has 0 aliphatic carbocycles. The van der Waals surface area contributed by atoms with E-state index in [1.54, 1.807) is 30.5 Å². The summed E-state index contributed by atoms with van der Waals surface area (Å²) in [5.41, 5.74) is 2.45. The lowest BCUT2D eigenvalue weighted by Crippen LogP contribution is -2.14. The molecule has 0 aliphatic heterocycles. The molecule has 0 aliphatic rings. The van der Waals surface area contributed by atoms with Crippen LogP contribution < -0.4 is 5.32 Å². The number of hydrogen-bond donors (Lipinski definition) is 2. The molecule has 1 aromatic carbocycles. The molecule has 0 bridgehead atoms. The van der Waals surface area contributed by atoms with E-state index in [2.05, 4.69) is 10.3 Å². The number of carbonyl (C=O) groups is 1. The molecule has 0 spiro atoms. The number of halogens is 1. The van der Waals surface area contributed by atoms with Crippen LogP contribution in [0.25, 0.3) is 0 Å². The molecule has 19 heavy (non-hydrogen) atoms. The molecule has 1 heterocycles. The fourth-order valence-corrected chi connectivity index (χ4v) is 1.97. The molecule has 5 heteroatoms. The van der Waals surface area contributed by atoms with E-state index in [-0.39, 0.29) is 12.5 Å². The van der Waals surface area contributed by atoms with Crippen molar-refractivity contribution in [2.75, 3.05) is 5.32 Å². The number of rotatable bonds is 3. The lowest BCUT2D eigenvalue weighted by molar-refractivity contribution is 0.102. The van der Waals surface area contributed by atoms with E-state index in [9.17, 15) is 9.90 Å². The summed E-state index contributed by atoms with van der Waals surface area (Å²) in [5.74, 6) is -0.253. The number of aromatic nitrogens is 1. The zero-order valence-corrected chi connectivity index (χ0v) is 11.1. The van der Waals surface area contributed by atoms with Gasteiger partial charge in [-0.25, -0.2) is 0 Å². The maximum Gasteiger partial charge on any atom is 0.255 e. The van der Waals surface area contributed by atoms with Crippen molar-refractivity contribution in [3.05, 3.63) is 58.4 Å². The number of nitrogens with one attached hydrogen (secondary N) is 1. The number of anilines is 1. The van der Waals surface area contributed by atoms with Crippen LogP contribution in [0.3, 0.4) is 0 Å². The van der Waals surface area contributed by atoms with Crippen LogP contribution in [0.4, 0.5) is 5.69 Å². The summed E-state index contributed by atoms with van der Waals surface area (Å²) in [7, 11) is 0. The summed E-state index contributed by atoms with van der Waals surface area (Å²) >= 11 is 5.85. The fourth-order valence-electron chi connectivity index (χ4n) is 1.75. The van der Waals surface area contributed by atoms with Crippen LogP contribution in [-0.2, 0) is 6.61 Å². The minimum Gasteiger partial charge on any atom is -0.392 e. The average molecular weight is 277 g/mol. The van der Waals surface area contributed by atoms with Gasteiger partial charge in [0.15, 0.2) is 0 Å². The summed E-state index contributed by atoms with van der Waals surface area (Å²) < 4.78 is 0. The second-order valence-corrected chi connectivity index (χ2v) is 4.54. The van der Waals surface area contributed by atoms with Crippen molar-refractivity contribution in [2.45, 2.75) is 13.5 Å². The van der Waals surface area contributed by atoms with Crippen LogP contribution in [-0.4, -0.2) is 16.0 Å². The van der Waals surface area contributed by atoms with Crippen LogP contribution in [0.1, 0.15) is 21.5 Å². The number of benzene rings is 1. The first-order valence-electron chi connectivity index (χ1n) is 5.73. The summed E-state index contributed by atoms with van der Waals surface area (Å²) in [4.78, 5) is 16.1. The van der Waals surface area contributed by atoms with Crippen molar-refractivity contribution in [3.8, 4) is 0 Å². The molecule has 0 unspecified atom stereocenters. The highest BCUT2D eigenvalue weighted by Crippen LogP contribution is 2.18. The number of aryl methyl sites for hydroxylation is 1. The molecule has 1 amide bonds. The van der Waals surface area contributed by atoms with Gasteiger partial charge in [0.2, 0.25) is 0 Å². The lowest BCUT2D eigenvalue weighted by atomic mass is 10.1. The highest BCUT2D eigenvalue weighted by molar-refractivity contribution is 6.30. The van der Waals surface area contributed by atoms with Gasteiger partial charge in [-0.05, 0) is 36.8 Å². The Morgan fingerprint density at radius 1 is 1.42 bits per heavy atom. The minimum absolute atomic E-state index is 0.155. The summed E-state index contributed by atoms with van der Waals surface area (Å²) in [6, 6.07) is 6.72. The van der Waals surface area contributed by atoms with E-state index in [4.69, 9.17) is 11.6 Å². The second-order valence-electron chi connectivity index (χ2n) is 4.10. The molecule has 98 valence electrons. The monoisotopic (exact) mass is 276 g/mol. The van der Waals surface area contributed by atoms with Crippen molar-refractivity contribution in [1.29, 1.82) is 0 Å². The lowest BCUT2D eigenvalue weighted by Gasteiger charge is -2.10. The van der Waals surface area contributed by atoms with Crippen molar-refractivity contribution in [2.24, 2.45) is 0 Å². The zero-order valence-electron chi connectivity index (χ0n) is 10.4. The van der Waals surface area contributed by atoms with E-state index in [0.717, 1.165) is 5.56 Å². The molecule has 1 aromatic heterocycles. The maximum atomic E-state index is 12.2. The number of amides is 1. The predicted molar refractivity (Wildman–Crippen MR) is 74.3 cm³/mol. The summed E-state index contributed by atoms with van der Waals surface area (Å²) in [6.07, 6.45) is 3.07. The van der Waals surface area contributed by atoms with Gasteiger partial charge >= 0.3 is 0 Å². The Kier molecular flexibility index (Phi) is 4.14. The van der Waals surface area contributed by atoms with Crippen molar-refractivity contribution >= 4 is 23.2 Å². The summed E-state index contributed by atoms with van der Waals surface area (Å²) in [6.45, 7) is 1.66. The van der Waals surface area contributed by atoms with Gasteiger partial charge in [0.25, 0.3) is 5.91 Å². The molecule has 0 fully saturated rings. The highest BCUT2D eigenvalue weighted by atomic mass is 35.5. The van der Waals surface area contributed by atoms with Gasteiger partial charge in [-0.15, -0.1) is 0 Å². The molecule has 0 atom stereocenters. The number of aliphatic hydroxyl groups is 1. The number of carbonyl (C=O) groups excluding carboxylic acids is 1.